The lowest BCUT2D eigenvalue weighted by atomic mass is 10.1. The third kappa shape index (κ3) is 3.47. The van der Waals surface area contributed by atoms with Crippen LogP contribution >= 0.6 is 0 Å². The van der Waals surface area contributed by atoms with Crippen LogP contribution in [0.25, 0.3) is 0 Å². The van der Waals surface area contributed by atoms with Crippen molar-refractivity contribution in [1.29, 1.82) is 5.26 Å². The Morgan fingerprint density at radius 1 is 1.50 bits per heavy atom. The third-order valence-corrected chi connectivity index (χ3v) is 2.46. The van der Waals surface area contributed by atoms with Gasteiger partial charge in [0.05, 0.1) is 12.2 Å². The number of nitrogen functional groups attached to an aromatic ring is 1. The molecule has 3 nitrogen and oxygen atoms in total. The zero-order chi connectivity index (χ0) is 12.0. The van der Waals surface area contributed by atoms with E-state index in [4.69, 9.17) is 15.7 Å². The van der Waals surface area contributed by atoms with Crippen molar-refractivity contribution < 1.29 is 4.74 Å². The van der Waals surface area contributed by atoms with E-state index in [1.165, 1.54) is 0 Å². The molecule has 0 saturated carbocycles. The number of anilines is 1. The minimum absolute atomic E-state index is 0.473. The molecule has 1 aromatic carbocycles. The van der Waals surface area contributed by atoms with Crippen LogP contribution < -0.4 is 10.5 Å². The number of benzene rings is 1. The van der Waals surface area contributed by atoms with Crippen LogP contribution in [0.2, 0.25) is 0 Å². The Morgan fingerprint density at radius 2 is 2.25 bits per heavy atom. The predicted octanol–water partition coefficient (Wildman–Crippen LogP) is 2.96. The molecule has 2 N–H and O–H groups in total. The summed E-state index contributed by atoms with van der Waals surface area (Å²) < 4.78 is 5.61. The van der Waals surface area contributed by atoms with Gasteiger partial charge in [-0.1, -0.05) is 20.3 Å². The van der Waals surface area contributed by atoms with Crippen LogP contribution in [0, 0.1) is 17.2 Å². The Balaban J connectivity index is 2.58. The molecule has 0 saturated heterocycles. The molecule has 0 fully saturated rings. The van der Waals surface area contributed by atoms with Crippen LogP contribution in [-0.4, -0.2) is 6.61 Å². The Kier molecular flexibility index (Phi) is 4.65. The number of rotatable bonds is 5. The van der Waals surface area contributed by atoms with E-state index in [0.29, 0.717) is 29.5 Å². The highest BCUT2D eigenvalue weighted by Crippen LogP contribution is 2.19. The average Bonchev–Trinajstić information content (AvgIpc) is 2.28. The van der Waals surface area contributed by atoms with Gasteiger partial charge in [-0.05, 0) is 30.5 Å². The number of hydrogen-bond acceptors (Lipinski definition) is 3. The molecule has 1 rings (SSSR count). The molecule has 0 aliphatic rings. The van der Waals surface area contributed by atoms with Crippen molar-refractivity contribution in [2.24, 2.45) is 5.92 Å². The van der Waals surface area contributed by atoms with Gasteiger partial charge in [0.2, 0.25) is 0 Å². The fourth-order valence-corrected chi connectivity index (χ4v) is 1.54. The van der Waals surface area contributed by atoms with E-state index in [1.54, 1.807) is 18.2 Å². The predicted molar refractivity (Wildman–Crippen MR) is 65.1 cm³/mol. The van der Waals surface area contributed by atoms with E-state index < -0.39 is 0 Å². The maximum atomic E-state index is 8.82. The van der Waals surface area contributed by atoms with E-state index in [9.17, 15) is 0 Å². The molecule has 0 spiro atoms. The normalized spacial score (nSPS) is 11.8. The number of ether oxygens (including phenoxy) is 1. The van der Waals surface area contributed by atoms with Crippen molar-refractivity contribution in [3.63, 3.8) is 0 Å². The molecule has 0 bridgehead atoms. The highest BCUT2D eigenvalue weighted by Gasteiger charge is 2.04. The summed E-state index contributed by atoms with van der Waals surface area (Å²) in [5.41, 5.74) is 6.60. The summed E-state index contributed by atoms with van der Waals surface area (Å²) in [7, 11) is 0. The molecule has 86 valence electrons. The largest absolute Gasteiger partial charge is 0.493 e. The average molecular weight is 218 g/mol. The third-order valence-electron chi connectivity index (χ3n) is 2.46. The van der Waals surface area contributed by atoms with Crippen LogP contribution in [0.5, 0.6) is 5.75 Å². The molecule has 0 aliphatic heterocycles. The number of nitriles is 1. The minimum Gasteiger partial charge on any atom is -0.493 e. The first kappa shape index (κ1) is 12.4. The number of hydrogen-bond donors (Lipinski definition) is 1. The first-order valence-electron chi connectivity index (χ1n) is 5.59. The Bertz CT molecular complexity index is 382. The summed E-state index contributed by atoms with van der Waals surface area (Å²) in [6.07, 6.45) is 2.32. The molecule has 1 aromatic rings. The molecule has 0 heterocycles. The summed E-state index contributed by atoms with van der Waals surface area (Å²) in [6, 6.07) is 7.24. The van der Waals surface area contributed by atoms with Gasteiger partial charge in [-0.3, -0.25) is 0 Å². The first-order valence-corrected chi connectivity index (χ1v) is 5.59. The van der Waals surface area contributed by atoms with Gasteiger partial charge in [0.25, 0.3) is 0 Å². The fourth-order valence-electron chi connectivity index (χ4n) is 1.54. The second-order valence-electron chi connectivity index (χ2n) is 4.07. The lowest BCUT2D eigenvalue weighted by Crippen LogP contribution is -2.08. The standard InChI is InChI=1S/C13H18N2O/c1-3-4-10(2)9-16-12-5-6-13(15)11(7-12)8-14/h5-7,10H,3-4,9,15H2,1-2H3. The van der Waals surface area contributed by atoms with Gasteiger partial charge >= 0.3 is 0 Å². The monoisotopic (exact) mass is 218 g/mol. The van der Waals surface area contributed by atoms with Crippen LogP contribution in [0.1, 0.15) is 32.3 Å². The summed E-state index contributed by atoms with van der Waals surface area (Å²) in [5, 5.41) is 8.82. The van der Waals surface area contributed by atoms with Crippen molar-refractivity contribution in [2.75, 3.05) is 12.3 Å². The van der Waals surface area contributed by atoms with E-state index in [0.717, 1.165) is 12.8 Å². The Hall–Kier alpha value is -1.69. The maximum Gasteiger partial charge on any atom is 0.120 e. The zero-order valence-corrected chi connectivity index (χ0v) is 9.86. The van der Waals surface area contributed by atoms with E-state index in [-0.39, 0.29) is 0 Å². The van der Waals surface area contributed by atoms with Gasteiger partial charge in [-0.15, -0.1) is 0 Å². The summed E-state index contributed by atoms with van der Waals surface area (Å²) in [4.78, 5) is 0. The minimum atomic E-state index is 0.473. The molecule has 0 amide bonds. The van der Waals surface area contributed by atoms with Crippen molar-refractivity contribution in [2.45, 2.75) is 26.7 Å². The van der Waals surface area contributed by atoms with Crippen LogP contribution in [-0.2, 0) is 0 Å². The second kappa shape index (κ2) is 6.02. The zero-order valence-electron chi connectivity index (χ0n) is 9.86. The summed E-state index contributed by atoms with van der Waals surface area (Å²) in [6.45, 7) is 5.00. The van der Waals surface area contributed by atoms with Gasteiger partial charge in [0.1, 0.15) is 11.8 Å². The number of nitrogens with zero attached hydrogens (tertiary/aromatic N) is 1. The van der Waals surface area contributed by atoms with Crippen molar-refractivity contribution in [3.8, 4) is 11.8 Å². The van der Waals surface area contributed by atoms with Crippen LogP contribution in [0.3, 0.4) is 0 Å². The smallest absolute Gasteiger partial charge is 0.120 e. The SMILES string of the molecule is CCCC(C)COc1ccc(N)c(C#N)c1. The summed E-state index contributed by atoms with van der Waals surface area (Å²) >= 11 is 0. The summed E-state index contributed by atoms with van der Waals surface area (Å²) in [5.74, 6) is 1.25. The molecule has 0 aromatic heterocycles. The molecule has 0 aliphatic carbocycles. The lowest BCUT2D eigenvalue weighted by Gasteiger charge is -2.12. The van der Waals surface area contributed by atoms with Gasteiger partial charge in [0.15, 0.2) is 0 Å². The molecular weight excluding hydrogens is 200 g/mol. The Morgan fingerprint density at radius 3 is 2.88 bits per heavy atom. The topological polar surface area (TPSA) is 59.0 Å². The molecular formula is C13H18N2O. The van der Waals surface area contributed by atoms with Gasteiger partial charge < -0.3 is 10.5 Å². The highest BCUT2D eigenvalue weighted by molar-refractivity contribution is 5.56. The van der Waals surface area contributed by atoms with E-state index in [2.05, 4.69) is 13.8 Å². The molecule has 1 atom stereocenters. The fraction of sp³-hybridized carbons (Fsp3) is 0.462. The van der Waals surface area contributed by atoms with Crippen molar-refractivity contribution in [3.05, 3.63) is 23.8 Å². The lowest BCUT2D eigenvalue weighted by molar-refractivity contribution is 0.251. The van der Waals surface area contributed by atoms with Crippen molar-refractivity contribution >= 4 is 5.69 Å². The van der Waals surface area contributed by atoms with E-state index in [1.807, 2.05) is 6.07 Å². The van der Waals surface area contributed by atoms with Gasteiger partial charge in [-0.25, -0.2) is 0 Å². The van der Waals surface area contributed by atoms with Gasteiger partial charge in [0, 0.05) is 5.69 Å². The van der Waals surface area contributed by atoms with Crippen LogP contribution in [0.4, 0.5) is 5.69 Å². The maximum absolute atomic E-state index is 8.82. The van der Waals surface area contributed by atoms with Gasteiger partial charge in [-0.2, -0.15) is 5.26 Å². The quantitative estimate of drug-likeness (QED) is 0.773. The molecule has 3 heteroatoms. The highest BCUT2D eigenvalue weighted by atomic mass is 16.5. The van der Waals surface area contributed by atoms with E-state index >= 15 is 0 Å². The van der Waals surface area contributed by atoms with Crippen LogP contribution in [0.15, 0.2) is 18.2 Å². The first-order chi connectivity index (χ1) is 7.67. The van der Waals surface area contributed by atoms with Crippen molar-refractivity contribution in [1.82, 2.24) is 0 Å². The molecule has 0 radical (unpaired) electrons. The number of nitrogens with two attached hydrogens (primary N) is 1. The molecule has 1 unspecified atom stereocenters. The second-order valence-corrected chi connectivity index (χ2v) is 4.07. The molecule has 16 heavy (non-hydrogen) atoms. The Labute approximate surface area is 96.8 Å².